The minimum atomic E-state index is -3.89. The van der Waals surface area contributed by atoms with E-state index in [4.69, 9.17) is 21.1 Å². The van der Waals surface area contributed by atoms with Crippen molar-refractivity contribution >= 4 is 39.4 Å². The number of rotatable bonds is 6. The molecule has 2 N–H and O–H groups in total. The van der Waals surface area contributed by atoms with Crippen LogP contribution in [-0.4, -0.2) is 33.8 Å². The van der Waals surface area contributed by atoms with Crippen molar-refractivity contribution < 1.29 is 22.7 Å². The molecule has 0 spiro atoms. The number of benzene rings is 3. The molecule has 0 saturated heterocycles. The van der Waals surface area contributed by atoms with Crippen LogP contribution in [0.15, 0.2) is 76.7 Å². The van der Waals surface area contributed by atoms with Gasteiger partial charge in [0.05, 0.1) is 11.1 Å². The van der Waals surface area contributed by atoms with E-state index in [0.29, 0.717) is 41.0 Å². The standard InChI is InChI=1S/C22H18ClN3O5S/c23-17-5-7-18(8-6-17)26-32(28,29)19-3-1-2-16(13-19)22(27)25-24-14-15-4-9-20-21(12-15)31-11-10-30-20/h1-9,12-14,26H,10-11H2,(H,25,27)/b24-14+. The first kappa shape index (κ1) is 21.7. The average Bonchev–Trinajstić information content (AvgIpc) is 2.80. The third-order valence-electron chi connectivity index (χ3n) is 4.45. The van der Waals surface area contributed by atoms with E-state index in [-0.39, 0.29) is 10.5 Å². The zero-order valence-corrected chi connectivity index (χ0v) is 18.2. The first-order valence-electron chi connectivity index (χ1n) is 9.52. The SMILES string of the molecule is O=C(N/N=C/c1ccc2c(c1)OCCO2)c1cccc(S(=O)(=O)Nc2ccc(Cl)cc2)c1. The summed E-state index contributed by atoms with van der Waals surface area (Å²) in [5, 5.41) is 4.43. The predicted octanol–water partition coefficient (Wildman–Crippen LogP) is 3.68. The van der Waals surface area contributed by atoms with Crippen LogP contribution in [0.2, 0.25) is 5.02 Å². The van der Waals surface area contributed by atoms with E-state index >= 15 is 0 Å². The first-order valence-corrected chi connectivity index (χ1v) is 11.4. The Balaban J connectivity index is 1.44. The Hall–Kier alpha value is -3.56. The van der Waals surface area contributed by atoms with E-state index in [2.05, 4.69) is 15.2 Å². The van der Waals surface area contributed by atoms with E-state index in [1.54, 1.807) is 42.5 Å². The van der Waals surface area contributed by atoms with Gasteiger partial charge in [0.2, 0.25) is 0 Å². The molecule has 0 aromatic heterocycles. The fraction of sp³-hybridized carbons (Fsp3) is 0.0909. The second kappa shape index (κ2) is 9.29. The van der Waals surface area contributed by atoms with Crippen molar-refractivity contribution in [3.8, 4) is 11.5 Å². The molecule has 0 unspecified atom stereocenters. The Kier molecular flexibility index (Phi) is 6.29. The maximum Gasteiger partial charge on any atom is 0.271 e. The molecule has 0 saturated carbocycles. The Morgan fingerprint density at radius 2 is 1.72 bits per heavy atom. The number of hydrazone groups is 1. The molecule has 10 heteroatoms. The van der Waals surface area contributed by atoms with Crippen LogP contribution >= 0.6 is 11.6 Å². The summed E-state index contributed by atoms with van der Waals surface area (Å²) in [6.07, 6.45) is 1.46. The number of hydrogen-bond acceptors (Lipinski definition) is 6. The lowest BCUT2D eigenvalue weighted by atomic mass is 10.2. The van der Waals surface area contributed by atoms with Gasteiger partial charge in [-0.25, -0.2) is 13.8 Å². The van der Waals surface area contributed by atoms with Crippen molar-refractivity contribution in [1.29, 1.82) is 0 Å². The van der Waals surface area contributed by atoms with Crippen LogP contribution in [0, 0.1) is 0 Å². The lowest BCUT2D eigenvalue weighted by Crippen LogP contribution is -2.19. The monoisotopic (exact) mass is 471 g/mol. The van der Waals surface area contributed by atoms with E-state index in [9.17, 15) is 13.2 Å². The van der Waals surface area contributed by atoms with Crippen molar-refractivity contribution in [2.24, 2.45) is 5.10 Å². The van der Waals surface area contributed by atoms with Gasteiger partial charge in [-0.1, -0.05) is 17.7 Å². The number of sulfonamides is 1. The van der Waals surface area contributed by atoms with Gasteiger partial charge in [0.25, 0.3) is 15.9 Å². The van der Waals surface area contributed by atoms with Gasteiger partial charge in [-0.2, -0.15) is 5.10 Å². The summed E-state index contributed by atoms with van der Waals surface area (Å²) in [6, 6.07) is 17.2. The van der Waals surface area contributed by atoms with Crippen molar-refractivity contribution in [3.05, 3.63) is 82.9 Å². The number of anilines is 1. The molecule has 1 aliphatic rings. The second-order valence-corrected chi connectivity index (χ2v) is 8.86. The van der Waals surface area contributed by atoms with Crippen LogP contribution < -0.4 is 19.6 Å². The second-order valence-electron chi connectivity index (χ2n) is 6.74. The number of nitrogens with zero attached hydrogens (tertiary/aromatic N) is 1. The lowest BCUT2D eigenvalue weighted by Gasteiger charge is -2.18. The highest BCUT2D eigenvalue weighted by Crippen LogP contribution is 2.30. The van der Waals surface area contributed by atoms with Crippen LogP contribution in [0.1, 0.15) is 15.9 Å². The molecule has 0 radical (unpaired) electrons. The molecule has 0 atom stereocenters. The van der Waals surface area contributed by atoms with Gasteiger partial charge in [0, 0.05) is 16.3 Å². The molecule has 164 valence electrons. The number of hydrogen-bond donors (Lipinski definition) is 2. The van der Waals surface area contributed by atoms with Crippen LogP contribution in [0.5, 0.6) is 11.5 Å². The molecule has 4 rings (SSSR count). The van der Waals surface area contributed by atoms with E-state index in [1.807, 2.05) is 0 Å². The molecule has 0 aliphatic carbocycles. The highest BCUT2D eigenvalue weighted by atomic mass is 35.5. The minimum Gasteiger partial charge on any atom is -0.486 e. The highest BCUT2D eigenvalue weighted by Gasteiger charge is 2.17. The van der Waals surface area contributed by atoms with Crippen molar-refractivity contribution in [2.75, 3.05) is 17.9 Å². The number of carbonyl (C=O) groups excluding carboxylic acids is 1. The normalized spacial score (nSPS) is 13.0. The number of amides is 1. The van der Waals surface area contributed by atoms with Gasteiger partial charge in [-0.05, 0) is 66.2 Å². The van der Waals surface area contributed by atoms with E-state index in [1.165, 1.54) is 30.5 Å². The third-order valence-corrected chi connectivity index (χ3v) is 6.08. The smallest absolute Gasteiger partial charge is 0.271 e. The van der Waals surface area contributed by atoms with E-state index < -0.39 is 15.9 Å². The zero-order valence-electron chi connectivity index (χ0n) is 16.6. The molecular weight excluding hydrogens is 454 g/mol. The number of fused-ring (bicyclic) bond motifs is 1. The quantitative estimate of drug-likeness (QED) is 0.421. The Bertz CT molecular complexity index is 1280. The lowest BCUT2D eigenvalue weighted by molar-refractivity contribution is 0.0955. The molecule has 1 amide bonds. The largest absolute Gasteiger partial charge is 0.486 e. The summed E-state index contributed by atoms with van der Waals surface area (Å²) >= 11 is 5.82. The summed E-state index contributed by atoms with van der Waals surface area (Å²) in [7, 11) is -3.89. The summed E-state index contributed by atoms with van der Waals surface area (Å²) in [6.45, 7) is 0.969. The molecule has 0 fully saturated rings. The number of ether oxygens (including phenoxy) is 2. The topological polar surface area (TPSA) is 106 Å². The van der Waals surface area contributed by atoms with Gasteiger partial charge >= 0.3 is 0 Å². The zero-order chi connectivity index (χ0) is 22.6. The summed E-state index contributed by atoms with van der Waals surface area (Å²) in [4.78, 5) is 12.4. The first-order chi connectivity index (χ1) is 15.4. The fourth-order valence-electron chi connectivity index (χ4n) is 2.91. The Morgan fingerprint density at radius 3 is 2.50 bits per heavy atom. The highest BCUT2D eigenvalue weighted by molar-refractivity contribution is 7.92. The molecule has 3 aromatic carbocycles. The van der Waals surface area contributed by atoms with Gasteiger partial charge < -0.3 is 9.47 Å². The molecule has 1 heterocycles. The van der Waals surface area contributed by atoms with Crippen LogP contribution in [0.25, 0.3) is 0 Å². The molecule has 0 bridgehead atoms. The Morgan fingerprint density at radius 1 is 0.969 bits per heavy atom. The molecule has 3 aromatic rings. The molecule has 32 heavy (non-hydrogen) atoms. The van der Waals surface area contributed by atoms with Gasteiger partial charge in [0.15, 0.2) is 11.5 Å². The summed E-state index contributed by atoms with van der Waals surface area (Å²) in [5.41, 5.74) is 3.59. The van der Waals surface area contributed by atoms with Crippen molar-refractivity contribution in [3.63, 3.8) is 0 Å². The number of nitrogens with one attached hydrogen (secondary N) is 2. The van der Waals surface area contributed by atoms with Gasteiger partial charge in [-0.15, -0.1) is 0 Å². The van der Waals surface area contributed by atoms with Gasteiger partial charge in [-0.3, -0.25) is 9.52 Å². The van der Waals surface area contributed by atoms with Crippen LogP contribution in [0.4, 0.5) is 5.69 Å². The molecule has 1 aliphatic heterocycles. The maximum atomic E-state index is 12.7. The van der Waals surface area contributed by atoms with Crippen molar-refractivity contribution in [1.82, 2.24) is 5.43 Å². The average molecular weight is 472 g/mol. The van der Waals surface area contributed by atoms with Gasteiger partial charge in [0.1, 0.15) is 13.2 Å². The maximum absolute atomic E-state index is 12.7. The van der Waals surface area contributed by atoms with Crippen molar-refractivity contribution in [2.45, 2.75) is 4.90 Å². The van der Waals surface area contributed by atoms with Crippen LogP contribution in [-0.2, 0) is 10.0 Å². The van der Waals surface area contributed by atoms with E-state index in [0.717, 1.165) is 0 Å². The molecular formula is C22H18ClN3O5S. The number of carbonyl (C=O) groups is 1. The number of halogens is 1. The Labute approximate surface area is 189 Å². The summed E-state index contributed by atoms with van der Waals surface area (Å²) < 4.78 is 38.7. The minimum absolute atomic E-state index is 0.0593. The third kappa shape index (κ3) is 5.19. The molecule has 8 nitrogen and oxygen atoms in total. The summed E-state index contributed by atoms with van der Waals surface area (Å²) in [5.74, 6) is 0.711. The van der Waals surface area contributed by atoms with Crippen LogP contribution in [0.3, 0.4) is 0 Å². The predicted molar refractivity (Wildman–Crippen MR) is 121 cm³/mol. The fourth-order valence-corrected chi connectivity index (χ4v) is 4.14.